The molecule has 0 bridgehead atoms. The number of hydrogen-bond acceptors (Lipinski definition) is 2. The zero-order valence-corrected chi connectivity index (χ0v) is 11.6. The van der Waals surface area contributed by atoms with Gasteiger partial charge in [-0.25, -0.2) is 4.98 Å². The van der Waals surface area contributed by atoms with Gasteiger partial charge in [-0.3, -0.25) is 0 Å². The van der Waals surface area contributed by atoms with E-state index < -0.39 is 0 Å². The number of imidazole rings is 1. The maximum Gasteiger partial charge on any atom is 0.108 e. The Hall–Kier alpha value is -1.13. The molecule has 0 aliphatic carbocycles. The minimum atomic E-state index is 0.123. The van der Waals surface area contributed by atoms with Crippen LogP contribution in [0, 0.1) is 6.92 Å². The third kappa shape index (κ3) is 2.96. The standard InChI is InChI=1S/C13H16BrN3/c1-8-3-4-10(14)6-11(8)12-7-16-13(17-12)5-9(2)15/h3-4,6-7,9H,5,15H2,1-2H3,(H,16,17). The molecule has 1 aromatic heterocycles. The van der Waals surface area contributed by atoms with E-state index in [1.165, 1.54) is 11.1 Å². The van der Waals surface area contributed by atoms with Gasteiger partial charge in [-0.1, -0.05) is 22.0 Å². The normalized spacial score (nSPS) is 12.7. The van der Waals surface area contributed by atoms with Crippen molar-refractivity contribution in [3.8, 4) is 11.3 Å². The molecule has 0 spiro atoms. The quantitative estimate of drug-likeness (QED) is 0.914. The van der Waals surface area contributed by atoms with Crippen molar-refractivity contribution < 1.29 is 0 Å². The predicted octanol–water partition coefficient (Wildman–Crippen LogP) is 3.04. The highest BCUT2D eigenvalue weighted by molar-refractivity contribution is 9.10. The van der Waals surface area contributed by atoms with Crippen LogP contribution in [0.4, 0.5) is 0 Å². The van der Waals surface area contributed by atoms with E-state index >= 15 is 0 Å². The minimum absolute atomic E-state index is 0.123. The Kier molecular flexibility index (Phi) is 3.64. The molecule has 4 heteroatoms. The number of aromatic nitrogens is 2. The molecule has 3 nitrogen and oxygen atoms in total. The summed E-state index contributed by atoms with van der Waals surface area (Å²) in [4.78, 5) is 7.67. The first-order valence-electron chi connectivity index (χ1n) is 5.62. The number of H-pyrrole nitrogens is 1. The number of nitrogens with zero attached hydrogens (tertiary/aromatic N) is 1. The SMILES string of the molecule is Cc1ccc(Br)cc1-c1cnc(CC(C)N)[nH]1. The van der Waals surface area contributed by atoms with Gasteiger partial charge in [-0.2, -0.15) is 0 Å². The number of aryl methyl sites for hydroxylation is 1. The van der Waals surface area contributed by atoms with Gasteiger partial charge in [0.25, 0.3) is 0 Å². The molecule has 0 amide bonds. The van der Waals surface area contributed by atoms with Crippen LogP contribution in [0.5, 0.6) is 0 Å². The van der Waals surface area contributed by atoms with E-state index in [0.29, 0.717) is 0 Å². The Morgan fingerprint density at radius 1 is 1.47 bits per heavy atom. The Bertz CT molecular complexity index is 517. The first-order valence-corrected chi connectivity index (χ1v) is 6.41. The Morgan fingerprint density at radius 2 is 2.24 bits per heavy atom. The van der Waals surface area contributed by atoms with E-state index in [2.05, 4.69) is 45.0 Å². The predicted molar refractivity (Wildman–Crippen MR) is 73.8 cm³/mol. The summed E-state index contributed by atoms with van der Waals surface area (Å²) in [7, 11) is 0. The number of hydrogen-bond donors (Lipinski definition) is 2. The van der Waals surface area contributed by atoms with Crippen molar-refractivity contribution in [2.75, 3.05) is 0 Å². The van der Waals surface area contributed by atoms with Gasteiger partial charge in [-0.05, 0) is 31.5 Å². The maximum atomic E-state index is 5.76. The largest absolute Gasteiger partial charge is 0.342 e. The highest BCUT2D eigenvalue weighted by Gasteiger charge is 2.07. The first kappa shape index (κ1) is 12.3. The van der Waals surface area contributed by atoms with Crippen molar-refractivity contribution in [1.82, 2.24) is 9.97 Å². The number of nitrogens with one attached hydrogen (secondary N) is 1. The molecule has 0 radical (unpaired) electrons. The van der Waals surface area contributed by atoms with Crippen molar-refractivity contribution in [3.05, 3.63) is 40.3 Å². The van der Waals surface area contributed by atoms with Gasteiger partial charge in [-0.15, -0.1) is 0 Å². The lowest BCUT2D eigenvalue weighted by Crippen LogP contribution is -2.18. The molecule has 1 heterocycles. The maximum absolute atomic E-state index is 5.76. The molecule has 1 aromatic carbocycles. The Balaban J connectivity index is 2.33. The van der Waals surface area contributed by atoms with Crippen molar-refractivity contribution >= 4 is 15.9 Å². The first-order chi connectivity index (χ1) is 8.06. The van der Waals surface area contributed by atoms with Crippen LogP contribution in [0.15, 0.2) is 28.9 Å². The third-order valence-corrected chi connectivity index (χ3v) is 3.13. The average molecular weight is 294 g/mol. The highest BCUT2D eigenvalue weighted by atomic mass is 79.9. The minimum Gasteiger partial charge on any atom is -0.342 e. The molecule has 0 saturated carbocycles. The van der Waals surface area contributed by atoms with Gasteiger partial charge < -0.3 is 10.7 Å². The van der Waals surface area contributed by atoms with Crippen LogP contribution in [0.3, 0.4) is 0 Å². The fraction of sp³-hybridized carbons (Fsp3) is 0.308. The average Bonchev–Trinajstić information content (AvgIpc) is 2.69. The lowest BCUT2D eigenvalue weighted by atomic mass is 10.1. The monoisotopic (exact) mass is 293 g/mol. The lowest BCUT2D eigenvalue weighted by Gasteiger charge is -2.04. The van der Waals surface area contributed by atoms with Crippen LogP contribution in [-0.4, -0.2) is 16.0 Å². The summed E-state index contributed by atoms with van der Waals surface area (Å²) in [6.07, 6.45) is 2.64. The van der Waals surface area contributed by atoms with E-state index in [9.17, 15) is 0 Å². The summed E-state index contributed by atoms with van der Waals surface area (Å²) >= 11 is 3.49. The van der Waals surface area contributed by atoms with Crippen molar-refractivity contribution in [2.45, 2.75) is 26.3 Å². The summed E-state index contributed by atoms with van der Waals surface area (Å²) in [5.41, 5.74) is 9.20. The van der Waals surface area contributed by atoms with Crippen LogP contribution < -0.4 is 5.73 Å². The molecule has 1 atom stereocenters. The fourth-order valence-electron chi connectivity index (χ4n) is 1.79. The van der Waals surface area contributed by atoms with Gasteiger partial charge >= 0.3 is 0 Å². The van der Waals surface area contributed by atoms with Crippen molar-refractivity contribution in [2.24, 2.45) is 5.73 Å². The third-order valence-electron chi connectivity index (χ3n) is 2.63. The zero-order valence-electron chi connectivity index (χ0n) is 10.00. The number of aromatic amines is 1. The summed E-state index contributed by atoms with van der Waals surface area (Å²) in [5, 5.41) is 0. The zero-order chi connectivity index (χ0) is 12.4. The summed E-state index contributed by atoms with van der Waals surface area (Å²) < 4.78 is 1.07. The molecule has 2 aromatic rings. The van der Waals surface area contributed by atoms with Gasteiger partial charge in [0.15, 0.2) is 0 Å². The molecule has 3 N–H and O–H groups in total. The van der Waals surface area contributed by atoms with Crippen molar-refractivity contribution in [3.63, 3.8) is 0 Å². The van der Waals surface area contributed by atoms with E-state index in [1.807, 2.05) is 19.2 Å². The second kappa shape index (κ2) is 5.02. The molecular weight excluding hydrogens is 278 g/mol. The summed E-state index contributed by atoms with van der Waals surface area (Å²) in [5.74, 6) is 0.939. The number of halogens is 1. The molecular formula is C13H16BrN3. The summed E-state index contributed by atoms with van der Waals surface area (Å²) in [6, 6.07) is 6.35. The second-order valence-corrected chi connectivity index (χ2v) is 5.30. The lowest BCUT2D eigenvalue weighted by molar-refractivity contribution is 0.710. The second-order valence-electron chi connectivity index (χ2n) is 4.38. The molecule has 17 heavy (non-hydrogen) atoms. The smallest absolute Gasteiger partial charge is 0.108 e. The molecule has 0 fully saturated rings. The Labute approximate surface area is 110 Å². The number of nitrogens with two attached hydrogens (primary N) is 1. The van der Waals surface area contributed by atoms with E-state index in [0.717, 1.165) is 22.4 Å². The molecule has 2 rings (SSSR count). The van der Waals surface area contributed by atoms with E-state index in [-0.39, 0.29) is 6.04 Å². The topological polar surface area (TPSA) is 54.7 Å². The van der Waals surface area contributed by atoms with Crippen molar-refractivity contribution in [1.29, 1.82) is 0 Å². The Morgan fingerprint density at radius 3 is 2.94 bits per heavy atom. The molecule has 0 saturated heterocycles. The van der Waals surface area contributed by atoms with Crippen LogP contribution >= 0.6 is 15.9 Å². The van der Waals surface area contributed by atoms with Gasteiger partial charge in [0.2, 0.25) is 0 Å². The molecule has 90 valence electrons. The van der Waals surface area contributed by atoms with Crippen LogP contribution in [0.25, 0.3) is 11.3 Å². The highest BCUT2D eigenvalue weighted by Crippen LogP contribution is 2.25. The van der Waals surface area contributed by atoms with Crippen LogP contribution in [-0.2, 0) is 6.42 Å². The number of rotatable bonds is 3. The van der Waals surface area contributed by atoms with Gasteiger partial charge in [0.05, 0.1) is 11.9 Å². The van der Waals surface area contributed by atoms with E-state index in [4.69, 9.17) is 5.73 Å². The molecule has 0 aliphatic rings. The van der Waals surface area contributed by atoms with Crippen LogP contribution in [0.1, 0.15) is 18.3 Å². The van der Waals surface area contributed by atoms with Gasteiger partial charge in [0, 0.05) is 22.5 Å². The van der Waals surface area contributed by atoms with E-state index in [1.54, 1.807) is 0 Å². The summed E-state index contributed by atoms with van der Waals surface area (Å²) in [6.45, 7) is 4.07. The fourth-order valence-corrected chi connectivity index (χ4v) is 2.15. The van der Waals surface area contributed by atoms with Gasteiger partial charge in [0.1, 0.15) is 5.82 Å². The molecule has 0 aliphatic heterocycles. The molecule has 1 unspecified atom stereocenters. The van der Waals surface area contributed by atoms with Crippen LogP contribution in [0.2, 0.25) is 0 Å². The number of benzene rings is 1.